The highest BCUT2D eigenvalue weighted by Gasteiger charge is 2.25. The maximum absolute atomic E-state index is 11.1. The second-order valence-electron chi connectivity index (χ2n) is 5.73. The molecule has 0 fully saturated rings. The van der Waals surface area contributed by atoms with Crippen LogP contribution in [0.4, 0.5) is 0 Å². The SMILES string of the molecule is CN(Cc1ccc(C(N)=O)cc1)[C@@H]1CCc2ccccc21. The molecule has 1 amide bonds. The molecule has 3 rings (SSSR count). The Hall–Kier alpha value is -2.13. The largest absolute Gasteiger partial charge is 0.366 e. The molecule has 3 nitrogen and oxygen atoms in total. The lowest BCUT2D eigenvalue weighted by Crippen LogP contribution is -2.22. The minimum atomic E-state index is -0.375. The van der Waals surface area contributed by atoms with E-state index in [-0.39, 0.29) is 5.91 Å². The summed E-state index contributed by atoms with van der Waals surface area (Å²) in [6.45, 7) is 0.873. The maximum atomic E-state index is 11.1. The van der Waals surface area contributed by atoms with Crippen molar-refractivity contribution in [1.29, 1.82) is 0 Å². The Kier molecular flexibility index (Phi) is 3.76. The molecule has 3 heteroatoms. The molecule has 0 saturated carbocycles. The fourth-order valence-corrected chi connectivity index (χ4v) is 3.17. The molecule has 1 aliphatic carbocycles. The molecule has 1 atom stereocenters. The first kappa shape index (κ1) is 13.8. The number of hydrogen-bond acceptors (Lipinski definition) is 2. The van der Waals surface area contributed by atoms with Crippen LogP contribution in [0, 0.1) is 0 Å². The molecule has 1 aliphatic rings. The average Bonchev–Trinajstić information content (AvgIpc) is 2.92. The normalized spacial score (nSPS) is 17.0. The van der Waals surface area contributed by atoms with E-state index in [0.29, 0.717) is 11.6 Å². The van der Waals surface area contributed by atoms with Crippen LogP contribution in [0.5, 0.6) is 0 Å². The van der Waals surface area contributed by atoms with Crippen LogP contribution in [-0.4, -0.2) is 17.9 Å². The first-order valence-electron chi connectivity index (χ1n) is 7.32. The Balaban J connectivity index is 1.72. The number of nitrogens with zero attached hydrogens (tertiary/aromatic N) is 1. The zero-order chi connectivity index (χ0) is 14.8. The van der Waals surface area contributed by atoms with Crippen molar-refractivity contribution in [2.75, 3.05) is 7.05 Å². The van der Waals surface area contributed by atoms with Crippen molar-refractivity contribution < 1.29 is 4.79 Å². The summed E-state index contributed by atoms with van der Waals surface area (Å²) in [7, 11) is 2.16. The van der Waals surface area contributed by atoms with E-state index in [2.05, 4.69) is 36.2 Å². The van der Waals surface area contributed by atoms with Crippen molar-refractivity contribution >= 4 is 5.91 Å². The first-order valence-corrected chi connectivity index (χ1v) is 7.32. The topological polar surface area (TPSA) is 46.3 Å². The van der Waals surface area contributed by atoms with Crippen LogP contribution < -0.4 is 5.73 Å². The summed E-state index contributed by atoms with van der Waals surface area (Å²) in [5.74, 6) is -0.375. The molecular weight excluding hydrogens is 260 g/mol. The Labute approximate surface area is 125 Å². The number of carbonyl (C=O) groups is 1. The molecule has 0 aromatic heterocycles. The number of nitrogens with two attached hydrogens (primary N) is 1. The molecule has 0 heterocycles. The summed E-state index contributed by atoms with van der Waals surface area (Å²) in [4.78, 5) is 13.5. The monoisotopic (exact) mass is 280 g/mol. The minimum Gasteiger partial charge on any atom is -0.366 e. The molecule has 0 bridgehead atoms. The molecule has 0 unspecified atom stereocenters. The Morgan fingerprint density at radius 3 is 2.62 bits per heavy atom. The van der Waals surface area contributed by atoms with Crippen molar-refractivity contribution in [3.8, 4) is 0 Å². The fraction of sp³-hybridized carbons (Fsp3) is 0.278. The van der Waals surface area contributed by atoms with Gasteiger partial charge in [0.15, 0.2) is 0 Å². The third-order valence-electron chi connectivity index (χ3n) is 4.30. The van der Waals surface area contributed by atoms with E-state index in [9.17, 15) is 4.79 Å². The van der Waals surface area contributed by atoms with E-state index >= 15 is 0 Å². The first-order chi connectivity index (χ1) is 10.1. The quantitative estimate of drug-likeness (QED) is 0.936. The van der Waals surface area contributed by atoms with Crippen LogP contribution in [0.1, 0.15) is 39.5 Å². The van der Waals surface area contributed by atoms with Crippen molar-refractivity contribution in [2.45, 2.75) is 25.4 Å². The van der Waals surface area contributed by atoms with Crippen LogP contribution in [0.2, 0.25) is 0 Å². The number of amides is 1. The molecule has 108 valence electrons. The van der Waals surface area contributed by atoms with Crippen LogP contribution in [0.3, 0.4) is 0 Å². The number of fused-ring (bicyclic) bond motifs is 1. The van der Waals surface area contributed by atoms with Gasteiger partial charge in [0.1, 0.15) is 0 Å². The Morgan fingerprint density at radius 1 is 1.19 bits per heavy atom. The van der Waals surface area contributed by atoms with Crippen LogP contribution in [0.15, 0.2) is 48.5 Å². The molecule has 2 aromatic carbocycles. The molecule has 0 aliphatic heterocycles. The van der Waals surface area contributed by atoms with Gasteiger partial charge in [-0.1, -0.05) is 36.4 Å². The van der Waals surface area contributed by atoms with Gasteiger partial charge in [0, 0.05) is 18.2 Å². The van der Waals surface area contributed by atoms with Gasteiger partial charge < -0.3 is 5.73 Å². The molecule has 2 N–H and O–H groups in total. The van der Waals surface area contributed by atoms with Gasteiger partial charge in [-0.15, -0.1) is 0 Å². The lowest BCUT2D eigenvalue weighted by Gasteiger charge is -2.25. The van der Waals surface area contributed by atoms with E-state index in [1.54, 1.807) is 12.1 Å². The number of benzene rings is 2. The highest BCUT2D eigenvalue weighted by Crippen LogP contribution is 2.35. The van der Waals surface area contributed by atoms with Crippen LogP contribution in [0.25, 0.3) is 0 Å². The maximum Gasteiger partial charge on any atom is 0.248 e. The second kappa shape index (κ2) is 5.70. The smallest absolute Gasteiger partial charge is 0.248 e. The molecule has 21 heavy (non-hydrogen) atoms. The third-order valence-corrected chi connectivity index (χ3v) is 4.30. The molecule has 0 spiro atoms. The predicted octanol–water partition coefficient (Wildman–Crippen LogP) is 2.90. The summed E-state index contributed by atoms with van der Waals surface area (Å²) in [6.07, 6.45) is 2.33. The predicted molar refractivity (Wildman–Crippen MR) is 83.9 cm³/mol. The van der Waals surface area contributed by atoms with Gasteiger partial charge in [-0.3, -0.25) is 9.69 Å². The van der Waals surface area contributed by atoms with Crippen molar-refractivity contribution in [1.82, 2.24) is 4.90 Å². The zero-order valence-corrected chi connectivity index (χ0v) is 12.3. The standard InChI is InChI=1S/C18H20N2O/c1-20(12-13-6-8-15(9-7-13)18(19)21)17-11-10-14-4-2-3-5-16(14)17/h2-9,17H,10-12H2,1H3,(H2,19,21)/t17-/m1/s1. The number of aryl methyl sites for hydroxylation is 1. The van der Waals surface area contributed by atoms with Gasteiger partial charge in [0.05, 0.1) is 0 Å². The van der Waals surface area contributed by atoms with Crippen LogP contribution >= 0.6 is 0 Å². The Bertz CT molecular complexity index is 649. The van der Waals surface area contributed by atoms with Crippen molar-refractivity contribution in [2.24, 2.45) is 5.73 Å². The van der Waals surface area contributed by atoms with E-state index in [4.69, 9.17) is 5.73 Å². The molecular formula is C18H20N2O. The third kappa shape index (κ3) is 2.83. The van der Waals surface area contributed by atoms with E-state index < -0.39 is 0 Å². The number of hydrogen-bond donors (Lipinski definition) is 1. The van der Waals surface area contributed by atoms with Crippen molar-refractivity contribution in [3.05, 3.63) is 70.8 Å². The zero-order valence-electron chi connectivity index (χ0n) is 12.3. The van der Waals surface area contributed by atoms with Gasteiger partial charge >= 0.3 is 0 Å². The van der Waals surface area contributed by atoms with Gasteiger partial charge in [0.25, 0.3) is 0 Å². The molecule has 0 radical (unpaired) electrons. The molecule has 2 aromatic rings. The highest BCUT2D eigenvalue weighted by atomic mass is 16.1. The van der Waals surface area contributed by atoms with E-state index in [1.165, 1.54) is 23.1 Å². The van der Waals surface area contributed by atoms with E-state index in [0.717, 1.165) is 13.0 Å². The second-order valence-corrected chi connectivity index (χ2v) is 5.73. The summed E-state index contributed by atoms with van der Waals surface area (Å²) in [5, 5.41) is 0. The van der Waals surface area contributed by atoms with E-state index in [1.807, 2.05) is 12.1 Å². The average molecular weight is 280 g/mol. The van der Waals surface area contributed by atoms with Crippen LogP contribution in [-0.2, 0) is 13.0 Å². The highest BCUT2D eigenvalue weighted by molar-refractivity contribution is 5.92. The van der Waals surface area contributed by atoms with Gasteiger partial charge in [-0.2, -0.15) is 0 Å². The van der Waals surface area contributed by atoms with Gasteiger partial charge in [0.2, 0.25) is 5.91 Å². The number of primary amides is 1. The summed E-state index contributed by atoms with van der Waals surface area (Å²) in [5.41, 5.74) is 9.96. The van der Waals surface area contributed by atoms with Gasteiger partial charge in [-0.05, 0) is 48.7 Å². The lowest BCUT2D eigenvalue weighted by atomic mass is 10.1. The minimum absolute atomic E-state index is 0.375. The Morgan fingerprint density at radius 2 is 1.90 bits per heavy atom. The number of carbonyl (C=O) groups excluding carboxylic acids is 1. The lowest BCUT2D eigenvalue weighted by molar-refractivity contribution is 0.100. The number of rotatable bonds is 4. The fourth-order valence-electron chi connectivity index (χ4n) is 3.17. The molecule has 0 saturated heterocycles. The summed E-state index contributed by atoms with van der Waals surface area (Å²) >= 11 is 0. The summed E-state index contributed by atoms with van der Waals surface area (Å²) in [6, 6.07) is 16.7. The van der Waals surface area contributed by atoms with Gasteiger partial charge in [-0.25, -0.2) is 0 Å². The summed E-state index contributed by atoms with van der Waals surface area (Å²) < 4.78 is 0. The van der Waals surface area contributed by atoms with Crippen molar-refractivity contribution in [3.63, 3.8) is 0 Å².